The van der Waals surface area contributed by atoms with Crippen molar-refractivity contribution in [3.05, 3.63) is 0 Å². The lowest BCUT2D eigenvalue weighted by Gasteiger charge is -2.22. The molecule has 0 amide bonds. The Hall–Kier alpha value is -0.460. The van der Waals surface area contributed by atoms with Gasteiger partial charge in [-0.3, -0.25) is 9.36 Å². The fourth-order valence-corrected chi connectivity index (χ4v) is 5.38. The largest absolute Gasteiger partial charge is 0.458 e. The van der Waals surface area contributed by atoms with Crippen LogP contribution < -0.4 is 0 Å². The molecule has 0 saturated heterocycles. The summed E-state index contributed by atoms with van der Waals surface area (Å²) in [7, 11) is -0.0723. The summed E-state index contributed by atoms with van der Waals surface area (Å²) in [4.78, 5) is 23.2. The maximum absolute atomic E-state index is 12.1. The highest BCUT2D eigenvalue weighted by Gasteiger charge is 2.23. The molecule has 0 heterocycles. The highest BCUT2D eigenvalue weighted by molar-refractivity contribution is 7.52. The van der Waals surface area contributed by atoms with Crippen molar-refractivity contribution >= 4 is 13.6 Å². The van der Waals surface area contributed by atoms with Gasteiger partial charge in [0.05, 0.1) is 19.4 Å². The van der Waals surface area contributed by atoms with E-state index in [0.717, 1.165) is 6.42 Å². The second kappa shape index (κ2) is 21.6. The van der Waals surface area contributed by atoms with Crippen LogP contribution in [0.2, 0.25) is 0 Å². The fraction of sp³-hybridized carbons (Fsp3) is 0.963. The molecule has 0 rings (SSSR count). The van der Waals surface area contributed by atoms with Crippen LogP contribution in [0.3, 0.4) is 0 Å². The minimum absolute atomic E-state index is 0.0294. The van der Waals surface area contributed by atoms with E-state index in [4.69, 9.17) is 14.0 Å². The second-order valence-electron chi connectivity index (χ2n) is 10.6. The summed E-state index contributed by atoms with van der Waals surface area (Å²) in [5.41, 5.74) is 0. The normalized spacial score (nSPS) is 16.1. The first kappa shape index (κ1) is 34.5. The molecule has 4 unspecified atom stereocenters. The quantitative estimate of drug-likeness (QED) is 0.0862. The summed E-state index contributed by atoms with van der Waals surface area (Å²) in [5.74, 6) is 0.602. The number of hydrogen-bond acceptors (Lipinski definition) is 6. The topological polar surface area (TPSA) is 85.3 Å². The van der Waals surface area contributed by atoms with E-state index < -0.39 is 19.7 Å². The summed E-state index contributed by atoms with van der Waals surface area (Å²) >= 11 is 0. The number of esters is 1. The van der Waals surface area contributed by atoms with Gasteiger partial charge >= 0.3 is 13.6 Å². The first-order valence-electron chi connectivity index (χ1n) is 13.9. The molecule has 0 saturated carbocycles. The second-order valence-corrected chi connectivity index (χ2v) is 12.6. The molecular formula is C27H56NO6P. The van der Waals surface area contributed by atoms with Crippen LogP contribution in [0.4, 0.5) is 0 Å². The molecule has 0 aliphatic carbocycles. The van der Waals surface area contributed by atoms with Crippen LogP contribution in [-0.4, -0.2) is 68.5 Å². The van der Waals surface area contributed by atoms with E-state index >= 15 is 0 Å². The number of carbonyl (C=O) groups is 1. The molecule has 0 radical (unpaired) electrons. The van der Waals surface area contributed by atoms with Crippen LogP contribution in [-0.2, 0) is 23.4 Å². The molecule has 8 heteroatoms. The summed E-state index contributed by atoms with van der Waals surface area (Å²) in [6.07, 6.45) is 15.3. The average molecular weight is 522 g/mol. The molecule has 210 valence electrons. The van der Waals surface area contributed by atoms with Crippen LogP contribution in [0.15, 0.2) is 0 Å². The van der Waals surface area contributed by atoms with Gasteiger partial charge in [0.1, 0.15) is 6.10 Å². The molecule has 7 nitrogen and oxygen atoms in total. The lowest BCUT2D eigenvalue weighted by molar-refractivity contribution is -0.151. The Balaban J connectivity index is 4.01. The SMILES string of the molecule is CCCCCCCCCCCCC(C)CC(C)COCC(COP(=O)(O)CCN(C)C)OC(C)=O. The molecule has 0 bridgehead atoms. The first-order chi connectivity index (χ1) is 16.6. The zero-order valence-electron chi connectivity index (χ0n) is 23.6. The Morgan fingerprint density at radius 1 is 0.886 bits per heavy atom. The van der Waals surface area contributed by atoms with Crippen molar-refractivity contribution in [1.29, 1.82) is 0 Å². The number of rotatable bonds is 24. The van der Waals surface area contributed by atoms with Crippen molar-refractivity contribution in [3.63, 3.8) is 0 Å². The highest BCUT2D eigenvalue weighted by atomic mass is 31.2. The van der Waals surface area contributed by atoms with Gasteiger partial charge in [0.25, 0.3) is 0 Å². The van der Waals surface area contributed by atoms with Crippen LogP contribution >= 0.6 is 7.60 Å². The summed E-state index contributed by atoms with van der Waals surface area (Å²) in [6, 6.07) is 0. The first-order valence-corrected chi connectivity index (χ1v) is 15.7. The predicted molar refractivity (Wildman–Crippen MR) is 145 cm³/mol. The van der Waals surface area contributed by atoms with Crippen LogP contribution in [0.1, 0.15) is 105 Å². The van der Waals surface area contributed by atoms with E-state index in [-0.39, 0.29) is 19.4 Å². The van der Waals surface area contributed by atoms with Gasteiger partial charge in [0.15, 0.2) is 0 Å². The number of ether oxygens (including phenoxy) is 2. The molecule has 0 fully saturated rings. The monoisotopic (exact) mass is 521 g/mol. The van der Waals surface area contributed by atoms with Gasteiger partial charge in [0, 0.05) is 20.1 Å². The third-order valence-electron chi connectivity index (χ3n) is 6.19. The molecule has 0 aliphatic heterocycles. The van der Waals surface area contributed by atoms with E-state index in [1.165, 1.54) is 77.6 Å². The summed E-state index contributed by atoms with van der Waals surface area (Å²) in [5, 5.41) is 0. The number of unbranched alkanes of at least 4 members (excludes halogenated alkanes) is 9. The minimum Gasteiger partial charge on any atom is -0.458 e. The molecular weight excluding hydrogens is 465 g/mol. The third-order valence-corrected chi connectivity index (χ3v) is 7.50. The summed E-state index contributed by atoms with van der Waals surface area (Å²) < 4.78 is 28.4. The van der Waals surface area contributed by atoms with Crippen molar-refractivity contribution in [3.8, 4) is 0 Å². The molecule has 0 spiro atoms. The molecule has 4 atom stereocenters. The highest BCUT2D eigenvalue weighted by Crippen LogP contribution is 2.41. The Kier molecular flexibility index (Phi) is 21.3. The molecule has 0 aromatic rings. The standard InChI is InChI=1S/C27H56NO6P/c1-7-8-9-10-11-12-13-14-15-16-17-24(2)20-25(3)21-32-22-27(34-26(4)29)23-33-35(30,31)19-18-28(5)6/h24-25,27H,7-23H2,1-6H3,(H,30,31). The van der Waals surface area contributed by atoms with Gasteiger partial charge in [-0.05, 0) is 32.4 Å². The Morgan fingerprint density at radius 2 is 1.46 bits per heavy atom. The maximum atomic E-state index is 12.1. The van der Waals surface area contributed by atoms with Crippen molar-refractivity contribution < 1.29 is 28.3 Å². The zero-order valence-corrected chi connectivity index (χ0v) is 24.5. The van der Waals surface area contributed by atoms with Gasteiger partial charge < -0.3 is 23.8 Å². The van der Waals surface area contributed by atoms with Gasteiger partial charge in [-0.1, -0.05) is 91.4 Å². The van der Waals surface area contributed by atoms with Crippen molar-refractivity contribution in [1.82, 2.24) is 4.90 Å². The van der Waals surface area contributed by atoms with E-state index in [2.05, 4.69) is 20.8 Å². The van der Waals surface area contributed by atoms with E-state index in [1.807, 2.05) is 19.0 Å². The number of carbonyl (C=O) groups excluding carboxylic acids is 1. The lowest BCUT2D eigenvalue weighted by atomic mass is 9.93. The molecule has 0 aromatic carbocycles. The Labute approximate surface area is 216 Å². The Morgan fingerprint density at radius 3 is 2.00 bits per heavy atom. The van der Waals surface area contributed by atoms with Gasteiger partial charge in [-0.15, -0.1) is 0 Å². The smallest absolute Gasteiger partial charge is 0.329 e. The van der Waals surface area contributed by atoms with Crippen LogP contribution in [0, 0.1) is 11.8 Å². The zero-order chi connectivity index (χ0) is 26.5. The van der Waals surface area contributed by atoms with Crippen molar-refractivity contribution in [2.45, 2.75) is 111 Å². The number of nitrogens with zero attached hydrogens (tertiary/aromatic N) is 1. The van der Waals surface area contributed by atoms with Crippen LogP contribution in [0.5, 0.6) is 0 Å². The van der Waals surface area contributed by atoms with E-state index in [0.29, 0.717) is 25.0 Å². The molecule has 0 aromatic heterocycles. The molecule has 35 heavy (non-hydrogen) atoms. The fourth-order valence-electron chi connectivity index (χ4n) is 4.20. The summed E-state index contributed by atoms with van der Waals surface area (Å²) in [6.45, 7) is 9.08. The van der Waals surface area contributed by atoms with Crippen LogP contribution in [0.25, 0.3) is 0 Å². The van der Waals surface area contributed by atoms with E-state index in [9.17, 15) is 14.3 Å². The van der Waals surface area contributed by atoms with E-state index in [1.54, 1.807) is 0 Å². The van der Waals surface area contributed by atoms with Gasteiger partial charge in [-0.25, -0.2) is 0 Å². The van der Waals surface area contributed by atoms with Gasteiger partial charge in [0.2, 0.25) is 0 Å². The predicted octanol–water partition coefficient (Wildman–Crippen LogP) is 6.67. The van der Waals surface area contributed by atoms with Crippen molar-refractivity contribution in [2.24, 2.45) is 11.8 Å². The molecule has 0 aliphatic rings. The lowest BCUT2D eigenvalue weighted by Crippen LogP contribution is -2.29. The Bertz CT molecular complexity index is 560. The maximum Gasteiger partial charge on any atom is 0.329 e. The number of hydrogen-bond donors (Lipinski definition) is 1. The molecule has 1 N–H and O–H groups in total. The van der Waals surface area contributed by atoms with Gasteiger partial charge in [-0.2, -0.15) is 0 Å². The van der Waals surface area contributed by atoms with Crippen molar-refractivity contribution in [2.75, 3.05) is 46.6 Å². The minimum atomic E-state index is -3.73. The average Bonchev–Trinajstić information content (AvgIpc) is 2.77. The third kappa shape index (κ3) is 23.7.